The van der Waals surface area contributed by atoms with Gasteiger partial charge < -0.3 is 10.1 Å². The predicted molar refractivity (Wildman–Crippen MR) is 137 cm³/mol. The molecule has 1 aliphatic carbocycles. The molecule has 4 rings (SSSR count). The number of amides is 1. The van der Waals surface area contributed by atoms with Crippen molar-refractivity contribution >= 4 is 33.2 Å². The first-order chi connectivity index (χ1) is 17.5. The molecular weight excluding hydrogens is 522 g/mol. The van der Waals surface area contributed by atoms with Gasteiger partial charge in [-0.15, -0.1) is 0 Å². The van der Waals surface area contributed by atoms with Crippen molar-refractivity contribution in [3.8, 4) is 17.3 Å². The Labute approximate surface area is 219 Å². The molecule has 0 radical (unpaired) electrons. The van der Waals surface area contributed by atoms with E-state index in [1.807, 2.05) is 13.8 Å². The number of nitro benzene ring substituents is 1. The van der Waals surface area contributed by atoms with Crippen molar-refractivity contribution in [3.05, 3.63) is 68.9 Å². The molecule has 0 bridgehead atoms. The topological polar surface area (TPSA) is 145 Å². The monoisotopic (exact) mass is 547 g/mol. The maximum atomic E-state index is 13.1. The van der Waals surface area contributed by atoms with Crippen molar-refractivity contribution in [2.75, 3.05) is 6.54 Å². The Hall–Kier alpha value is -3.48. The van der Waals surface area contributed by atoms with E-state index < -0.39 is 31.4 Å². The Morgan fingerprint density at radius 1 is 1.27 bits per heavy atom. The minimum Gasteiger partial charge on any atom is -0.437 e. The van der Waals surface area contributed by atoms with Gasteiger partial charge in [-0.25, -0.2) is 13.1 Å². The second-order valence-corrected chi connectivity index (χ2v) is 11.3. The van der Waals surface area contributed by atoms with Gasteiger partial charge in [0, 0.05) is 35.3 Å². The Morgan fingerprint density at radius 2 is 2.00 bits per heavy atom. The average molecular weight is 548 g/mol. The van der Waals surface area contributed by atoms with Gasteiger partial charge in [-0.1, -0.05) is 31.5 Å². The van der Waals surface area contributed by atoms with Crippen LogP contribution in [0.3, 0.4) is 0 Å². The summed E-state index contributed by atoms with van der Waals surface area (Å²) in [5.41, 5.74) is 0.490. The van der Waals surface area contributed by atoms with Crippen LogP contribution in [0.5, 0.6) is 11.6 Å². The number of carbonyl (C=O) groups is 1. The molecule has 0 atom stereocenters. The zero-order valence-corrected chi connectivity index (χ0v) is 22.0. The van der Waals surface area contributed by atoms with E-state index in [-0.39, 0.29) is 29.3 Å². The van der Waals surface area contributed by atoms with Crippen LogP contribution in [0.25, 0.3) is 5.69 Å². The van der Waals surface area contributed by atoms with Crippen molar-refractivity contribution in [2.24, 2.45) is 5.92 Å². The van der Waals surface area contributed by atoms with E-state index in [0.29, 0.717) is 35.7 Å². The second kappa shape index (κ2) is 10.5. The van der Waals surface area contributed by atoms with E-state index in [4.69, 9.17) is 16.3 Å². The molecule has 1 aliphatic rings. The largest absolute Gasteiger partial charge is 0.437 e. The lowest BCUT2D eigenvalue weighted by Gasteiger charge is -2.14. The molecular formula is C24H26ClN5O6S. The highest BCUT2D eigenvalue weighted by atomic mass is 35.5. The van der Waals surface area contributed by atoms with Crippen molar-refractivity contribution in [2.45, 2.75) is 44.6 Å². The molecule has 196 valence electrons. The van der Waals surface area contributed by atoms with Gasteiger partial charge in [-0.3, -0.25) is 14.9 Å². The van der Waals surface area contributed by atoms with E-state index >= 15 is 0 Å². The molecule has 37 heavy (non-hydrogen) atoms. The number of hydrogen-bond donors (Lipinski definition) is 2. The maximum Gasteiger partial charge on any atom is 0.272 e. The lowest BCUT2D eigenvalue weighted by Crippen LogP contribution is -2.28. The summed E-state index contributed by atoms with van der Waals surface area (Å²) in [4.78, 5) is 23.2. The smallest absolute Gasteiger partial charge is 0.272 e. The molecule has 13 heteroatoms. The van der Waals surface area contributed by atoms with Crippen molar-refractivity contribution in [1.29, 1.82) is 0 Å². The third-order valence-electron chi connectivity index (χ3n) is 5.54. The van der Waals surface area contributed by atoms with Crippen LogP contribution in [-0.2, 0) is 10.0 Å². The summed E-state index contributed by atoms with van der Waals surface area (Å²) < 4.78 is 36.1. The second-order valence-electron chi connectivity index (χ2n) is 9.16. The standard InChI is InChI=1S/C24H26ClN5O6S/c1-14(2)13-26-23(31)22-15(3)24(29(27-22)18-6-4-5-16(25)11-18)36-20-10-9-19(30(32)33)12-21(20)37(34,35)28-17-7-8-17/h4-6,9-12,14,17,28H,7-8,13H2,1-3H3,(H,26,31). The van der Waals surface area contributed by atoms with E-state index in [1.54, 1.807) is 31.2 Å². The number of nitro groups is 1. The van der Waals surface area contributed by atoms with Crippen molar-refractivity contribution in [3.63, 3.8) is 0 Å². The van der Waals surface area contributed by atoms with Crippen LogP contribution in [0.1, 0.15) is 42.7 Å². The maximum absolute atomic E-state index is 13.1. The Kier molecular flexibility index (Phi) is 7.53. The number of aromatic nitrogens is 2. The molecule has 1 amide bonds. The number of sulfonamides is 1. The molecule has 0 saturated heterocycles. The minimum absolute atomic E-state index is 0.0636. The Bertz CT molecular complexity index is 1470. The number of benzene rings is 2. The average Bonchev–Trinajstić information content (AvgIpc) is 3.58. The SMILES string of the molecule is Cc1c(C(=O)NCC(C)C)nn(-c2cccc(Cl)c2)c1Oc1ccc([N+](=O)[O-])cc1S(=O)(=O)NC1CC1. The van der Waals surface area contributed by atoms with Gasteiger partial charge in [0.05, 0.1) is 10.6 Å². The minimum atomic E-state index is -4.14. The molecule has 1 heterocycles. The van der Waals surface area contributed by atoms with Gasteiger partial charge in [0.25, 0.3) is 11.6 Å². The number of carbonyl (C=O) groups excluding carboxylic acids is 1. The van der Waals surface area contributed by atoms with Crippen LogP contribution < -0.4 is 14.8 Å². The molecule has 0 spiro atoms. The molecule has 0 unspecified atom stereocenters. The summed E-state index contributed by atoms with van der Waals surface area (Å²) >= 11 is 6.17. The first-order valence-corrected chi connectivity index (χ1v) is 13.4. The highest BCUT2D eigenvalue weighted by Crippen LogP contribution is 2.36. The molecule has 11 nitrogen and oxygen atoms in total. The highest BCUT2D eigenvalue weighted by Gasteiger charge is 2.32. The van der Waals surface area contributed by atoms with Crippen LogP contribution in [0, 0.1) is 23.0 Å². The molecule has 1 saturated carbocycles. The third kappa shape index (κ3) is 6.09. The van der Waals surface area contributed by atoms with Crippen LogP contribution in [-0.4, -0.2) is 41.6 Å². The van der Waals surface area contributed by atoms with Gasteiger partial charge >= 0.3 is 0 Å². The molecule has 1 aromatic heterocycles. The lowest BCUT2D eigenvalue weighted by molar-refractivity contribution is -0.385. The van der Waals surface area contributed by atoms with Crippen molar-refractivity contribution < 1.29 is 22.9 Å². The first kappa shape index (κ1) is 26.6. The number of halogens is 1. The van der Waals surface area contributed by atoms with Crippen LogP contribution >= 0.6 is 11.6 Å². The summed E-state index contributed by atoms with van der Waals surface area (Å²) in [7, 11) is -4.14. The molecule has 2 aromatic carbocycles. The van der Waals surface area contributed by atoms with Gasteiger partial charge in [0.15, 0.2) is 5.69 Å². The van der Waals surface area contributed by atoms with Gasteiger partial charge in [0.1, 0.15) is 10.6 Å². The first-order valence-electron chi connectivity index (χ1n) is 11.6. The number of ether oxygens (including phenoxy) is 1. The van der Waals surface area contributed by atoms with Gasteiger partial charge in [-0.05, 0) is 49.9 Å². The zero-order valence-electron chi connectivity index (χ0n) is 20.4. The van der Waals surface area contributed by atoms with E-state index in [1.165, 1.54) is 10.7 Å². The highest BCUT2D eigenvalue weighted by molar-refractivity contribution is 7.89. The Balaban J connectivity index is 1.83. The number of nitrogens with zero attached hydrogens (tertiary/aromatic N) is 3. The summed E-state index contributed by atoms with van der Waals surface area (Å²) in [5, 5.41) is 19.0. The Morgan fingerprint density at radius 3 is 2.62 bits per heavy atom. The molecule has 2 N–H and O–H groups in total. The molecule has 3 aromatic rings. The van der Waals surface area contributed by atoms with Crippen LogP contribution in [0.2, 0.25) is 5.02 Å². The summed E-state index contributed by atoms with van der Waals surface area (Å²) in [5.74, 6) is -0.307. The summed E-state index contributed by atoms with van der Waals surface area (Å²) in [6.07, 6.45) is 1.36. The fourth-order valence-electron chi connectivity index (χ4n) is 3.47. The fourth-order valence-corrected chi connectivity index (χ4v) is 5.11. The number of hydrogen-bond acceptors (Lipinski definition) is 7. The third-order valence-corrected chi connectivity index (χ3v) is 7.32. The van der Waals surface area contributed by atoms with Crippen LogP contribution in [0.15, 0.2) is 47.4 Å². The lowest BCUT2D eigenvalue weighted by atomic mass is 10.2. The summed E-state index contributed by atoms with van der Waals surface area (Å²) in [6.45, 7) is 5.96. The van der Waals surface area contributed by atoms with Crippen LogP contribution in [0.4, 0.5) is 5.69 Å². The molecule has 1 fully saturated rings. The quantitative estimate of drug-likeness (QED) is 0.283. The number of rotatable bonds is 10. The van der Waals surface area contributed by atoms with Gasteiger partial charge in [-0.2, -0.15) is 9.78 Å². The van der Waals surface area contributed by atoms with E-state index in [9.17, 15) is 23.3 Å². The zero-order chi connectivity index (χ0) is 26.9. The number of nitrogens with one attached hydrogen (secondary N) is 2. The predicted octanol–water partition coefficient (Wildman–Crippen LogP) is 4.36. The van der Waals surface area contributed by atoms with E-state index in [2.05, 4.69) is 15.1 Å². The normalized spacial score (nSPS) is 13.5. The number of non-ortho nitro benzene ring substituents is 1. The summed E-state index contributed by atoms with van der Waals surface area (Å²) in [6, 6.07) is 9.76. The van der Waals surface area contributed by atoms with Crippen molar-refractivity contribution in [1.82, 2.24) is 19.8 Å². The van der Waals surface area contributed by atoms with E-state index in [0.717, 1.165) is 12.1 Å². The van der Waals surface area contributed by atoms with Gasteiger partial charge in [0.2, 0.25) is 15.9 Å². The fraction of sp³-hybridized carbons (Fsp3) is 0.333. The molecule has 0 aliphatic heterocycles.